The fourth-order valence-corrected chi connectivity index (χ4v) is 2.75. The van der Waals surface area contributed by atoms with Crippen LogP contribution in [0.1, 0.15) is 29.5 Å². The molecule has 0 saturated carbocycles. The first-order valence-electron chi connectivity index (χ1n) is 5.56. The number of aryl methyl sites for hydroxylation is 1. The fourth-order valence-electron chi connectivity index (χ4n) is 1.67. The van der Waals surface area contributed by atoms with Crippen LogP contribution in [0, 0.1) is 0 Å². The fraction of sp³-hybridized carbons (Fsp3) is 0.364. The number of halogens is 1. The molecule has 2 N–H and O–H groups in total. The van der Waals surface area contributed by atoms with Crippen molar-refractivity contribution in [3.05, 3.63) is 27.4 Å². The number of Topliss-reactive ketones (excluding diaryl/α,β-unsaturated/α-hetero) is 1. The van der Waals surface area contributed by atoms with Crippen molar-refractivity contribution in [3.8, 4) is 0 Å². The highest BCUT2D eigenvalue weighted by atomic mass is 79.9. The molecule has 0 unspecified atom stereocenters. The van der Waals surface area contributed by atoms with E-state index in [0.717, 1.165) is 17.4 Å². The Kier molecular flexibility index (Phi) is 4.13. The lowest BCUT2D eigenvalue weighted by Crippen LogP contribution is -2.13. The summed E-state index contributed by atoms with van der Waals surface area (Å²) in [6.45, 7) is 2.77. The van der Waals surface area contributed by atoms with Gasteiger partial charge in [-0.3, -0.25) is 9.48 Å². The third-order valence-corrected chi connectivity index (χ3v) is 3.71. The van der Waals surface area contributed by atoms with Crippen LogP contribution in [0.3, 0.4) is 0 Å². The lowest BCUT2D eigenvalue weighted by molar-refractivity contribution is 0.0981. The Morgan fingerprint density at radius 1 is 1.61 bits per heavy atom. The Labute approximate surface area is 117 Å². The molecule has 2 aromatic rings. The van der Waals surface area contributed by atoms with Gasteiger partial charge in [-0.25, -0.2) is 4.98 Å². The molecule has 0 fully saturated rings. The molecular weight excluding hydrogens is 316 g/mol. The van der Waals surface area contributed by atoms with Gasteiger partial charge in [-0.15, -0.1) is 11.3 Å². The van der Waals surface area contributed by atoms with E-state index in [1.165, 1.54) is 11.3 Å². The first-order chi connectivity index (χ1) is 8.61. The van der Waals surface area contributed by atoms with E-state index in [0.29, 0.717) is 16.5 Å². The second-order valence-corrected chi connectivity index (χ2v) is 5.59. The summed E-state index contributed by atoms with van der Waals surface area (Å²) in [4.78, 5) is 16.3. The van der Waals surface area contributed by atoms with Crippen molar-refractivity contribution in [1.82, 2.24) is 14.8 Å². The van der Waals surface area contributed by atoms with Crippen LogP contribution in [0.2, 0.25) is 0 Å². The number of anilines is 1. The minimum atomic E-state index is -0.00174. The first-order valence-corrected chi connectivity index (χ1v) is 7.23. The van der Waals surface area contributed by atoms with E-state index in [1.807, 2.05) is 12.3 Å². The number of hydrogen-bond acceptors (Lipinski definition) is 5. The molecule has 7 heteroatoms. The molecule has 0 aromatic carbocycles. The number of carbonyl (C=O) groups is 1. The second kappa shape index (κ2) is 5.62. The van der Waals surface area contributed by atoms with E-state index >= 15 is 0 Å². The Morgan fingerprint density at radius 3 is 3.00 bits per heavy atom. The van der Waals surface area contributed by atoms with E-state index in [1.54, 1.807) is 10.9 Å². The third-order valence-electron chi connectivity index (χ3n) is 2.41. The van der Waals surface area contributed by atoms with Crippen LogP contribution in [0.4, 0.5) is 5.13 Å². The van der Waals surface area contributed by atoms with E-state index in [9.17, 15) is 4.79 Å². The van der Waals surface area contributed by atoms with Crippen molar-refractivity contribution >= 4 is 38.2 Å². The Hall–Kier alpha value is -1.21. The number of thiazole rings is 1. The van der Waals surface area contributed by atoms with Gasteiger partial charge in [-0.05, 0) is 22.4 Å². The number of rotatable bonds is 5. The van der Waals surface area contributed by atoms with E-state index in [-0.39, 0.29) is 12.2 Å². The van der Waals surface area contributed by atoms with Gasteiger partial charge < -0.3 is 5.73 Å². The summed E-state index contributed by atoms with van der Waals surface area (Å²) in [6.07, 6.45) is 2.83. The monoisotopic (exact) mass is 328 g/mol. The zero-order chi connectivity index (χ0) is 13.1. The number of aromatic nitrogens is 3. The van der Waals surface area contributed by atoms with Crippen LogP contribution >= 0.6 is 27.3 Å². The number of nitrogens with zero attached hydrogens (tertiary/aromatic N) is 3. The topological polar surface area (TPSA) is 73.8 Å². The quantitative estimate of drug-likeness (QED) is 0.856. The highest BCUT2D eigenvalue weighted by Crippen LogP contribution is 2.20. The molecule has 2 rings (SSSR count). The molecule has 96 valence electrons. The average Bonchev–Trinajstić information content (AvgIpc) is 2.86. The Bertz CT molecular complexity index is 563. The normalized spacial score (nSPS) is 10.8. The smallest absolute Gasteiger partial charge is 0.187 e. The van der Waals surface area contributed by atoms with E-state index in [2.05, 4.69) is 26.0 Å². The van der Waals surface area contributed by atoms with Crippen molar-refractivity contribution in [2.24, 2.45) is 0 Å². The molecule has 0 radical (unpaired) electrons. The van der Waals surface area contributed by atoms with Gasteiger partial charge in [0.1, 0.15) is 5.69 Å². The molecule has 0 aliphatic carbocycles. The van der Waals surface area contributed by atoms with Crippen LogP contribution in [-0.4, -0.2) is 20.5 Å². The molecule has 0 aliphatic heterocycles. The van der Waals surface area contributed by atoms with Crippen LogP contribution in [0.5, 0.6) is 0 Å². The number of nitrogen functional groups attached to an aromatic ring is 1. The molecule has 5 nitrogen and oxygen atoms in total. The maximum absolute atomic E-state index is 12.2. The minimum Gasteiger partial charge on any atom is -0.375 e. The maximum Gasteiger partial charge on any atom is 0.187 e. The minimum absolute atomic E-state index is 0.00174. The Balaban J connectivity index is 2.20. The van der Waals surface area contributed by atoms with Crippen molar-refractivity contribution in [3.63, 3.8) is 0 Å². The van der Waals surface area contributed by atoms with Gasteiger partial charge >= 0.3 is 0 Å². The van der Waals surface area contributed by atoms with Gasteiger partial charge in [0, 0.05) is 11.9 Å². The van der Waals surface area contributed by atoms with Crippen LogP contribution in [-0.2, 0) is 13.0 Å². The summed E-state index contributed by atoms with van der Waals surface area (Å²) in [5.41, 5.74) is 6.86. The van der Waals surface area contributed by atoms with Crippen molar-refractivity contribution in [1.29, 1.82) is 0 Å². The van der Waals surface area contributed by atoms with Crippen molar-refractivity contribution in [2.45, 2.75) is 26.3 Å². The summed E-state index contributed by atoms with van der Waals surface area (Å²) in [6, 6.07) is 0. The lowest BCUT2D eigenvalue weighted by atomic mass is 10.2. The highest BCUT2D eigenvalue weighted by Gasteiger charge is 2.18. The molecule has 2 aromatic heterocycles. The summed E-state index contributed by atoms with van der Waals surface area (Å²) >= 11 is 4.70. The van der Waals surface area contributed by atoms with E-state index < -0.39 is 0 Å². The van der Waals surface area contributed by atoms with Gasteiger partial charge in [-0.2, -0.15) is 5.10 Å². The van der Waals surface area contributed by atoms with Crippen molar-refractivity contribution < 1.29 is 4.79 Å². The molecule has 0 atom stereocenters. The zero-order valence-electron chi connectivity index (χ0n) is 9.89. The lowest BCUT2D eigenvalue weighted by Gasteiger charge is -2.04. The first kappa shape index (κ1) is 13.2. The molecular formula is C11H13BrN4OS. The number of hydrogen-bond donors (Lipinski definition) is 1. The summed E-state index contributed by atoms with van der Waals surface area (Å²) in [7, 11) is 0. The van der Waals surface area contributed by atoms with Gasteiger partial charge in [0.25, 0.3) is 0 Å². The summed E-state index contributed by atoms with van der Waals surface area (Å²) < 4.78 is 2.45. The highest BCUT2D eigenvalue weighted by molar-refractivity contribution is 9.10. The van der Waals surface area contributed by atoms with Crippen molar-refractivity contribution in [2.75, 3.05) is 5.73 Å². The molecule has 0 bridgehead atoms. The SMILES string of the molecule is CCCn1ncc(Br)c1C(=O)Cc1csc(N)n1. The molecule has 0 aliphatic rings. The summed E-state index contributed by atoms with van der Waals surface area (Å²) in [5.74, 6) is -0.00174. The number of nitrogens with two attached hydrogens (primary N) is 1. The van der Waals surface area contributed by atoms with Crippen LogP contribution in [0.25, 0.3) is 0 Å². The molecule has 2 heterocycles. The zero-order valence-corrected chi connectivity index (χ0v) is 12.3. The van der Waals surface area contributed by atoms with Gasteiger partial charge in [0.15, 0.2) is 10.9 Å². The number of carbonyl (C=O) groups excluding carboxylic acids is 1. The van der Waals surface area contributed by atoms with Gasteiger partial charge in [0.2, 0.25) is 0 Å². The molecule has 0 saturated heterocycles. The maximum atomic E-state index is 12.2. The van der Waals surface area contributed by atoms with Gasteiger partial charge in [0.05, 0.1) is 22.8 Å². The standard InChI is InChI=1S/C11H13BrN4OS/c1-2-3-16-10(8(12)5-14-16)9(17)4-7-6-18-11(13)15-7/h5-6H,2-4H2,1H3,(H2,13,15). The molecule has 18 heavy (non-hydrogen) atoms. The predicted octanol–water partition coefficient (Wildman–Crippen LogP) is 2.52. The largest absolute Gasteiger partial charge is 0.375 e. The Morgan fingerprint density at radius 2 is 2.39 bits per heavy atom. The van der Waals surface area contributed by atoms with Crippen LogP contribution in [0.15, 0.2) is 16.0 Å². The summed E-state index contributed by atoms with van der Waals surface area (Å²) in [5, 5.41) is 6.47. The molecule has 0 spiro atoms. The molecule has 0 amide bonds. The van der Waals surface area contributed by atoms with Crippen LogP contribution < -0.4 is 5.73 Å². The van der Waals surface area contributed by atoms with E-state index in [4.69, 9.17) is 5.73 Å². The third kappa shape index (κ3) is 2.78. The average molecular weight is 329 g/mol. The van der Waals surface area contributed by atoms with Gasteiger partial charge in [-0.1, -0.05) is 6.92 Å². The predicted molar refractivity (Wildman–Crippen MR) is 74.8 cm³/mol. The number of ketones is 1. The second-order valence-electron chi connectivity index (χ2n) is 3.84.